The second-order valence-corrected chi connectivity index (χ2v) is 5.84. The smallest absolute Gasteiger partial charge is 0.257 e. The topological polar surface area (TPSA) is 57.0 Å². The van der Waals surface area contributed by atoms with Crippen molar-refractivity contribution in [3.8, 4) is 0 Å². The summed E-state index contributed by atoms with van der Waals surface area (Å²) < 4.78 is 5.19. The number of furan rings is 1. The summed E-state index contributed by atoms with van der Waals surface area (Å²) in [7, 11) is 0. The second kappa shape index (κ2) is 8.15. The summed E-state index contributed by atoms with van der Waals surface area (Å²) in [4.78, 5) is 30.8. The fourth-order valence-electron chi connectivity index (χ4n) is 2.88. The summed E-state index contributed by atoms with van der Waals surface area (Å²) in [5, 5.41) is 0. The molecular formula is C17H27N3O3. The molecule has 23 heavy (non-hydrogen) atoms. The van der Waals surface area contributed by atoms with E-state index in [2.05, 4.69) is 11.8 Å². The Bertz CT molecular complexity index is 533. The van der Waals surface area contributed by atoms with Gasteiger partial charge in [-0.3, -0.25) is 9.59 Å². The van der Waals surface area contributed by atoms with Crippen molar-refractivity contribution in [3.63, 3.8) is 0 Å². The van der Waals surface area contributed by atoms with E-state index in [1.54, 1.807) is 17.9 Å². The minimum atomic E-state index is -0.0673. The molecule has 6 nitrogen and oxygen atoms in total. The molecule has 2 heterocycles. The molecule has 0 radical (unpaired) electrons. The third-order valence-corrected chi connectivity index (χ3v) is 4.53. The minimum Gasteiger partial charge on any atom is -0.469 e. The molecule has 0 saturated carbocycles. The Morgan fingerprint density at radius 3 is 2.43 bits per heavy atom. The van der Waals surface area contributed by atoms with E-state index in [9.17, 15) is 9.59 Å². The predicted octanol–water partition coefficient (Wildman–Crippen LogP) is 1.60. The maximum atomic E-state index is 12.5. The Kier molecular flexibility index (Phi) is 6.21. The number of piperazine rings is 1. The first-order valence-corrected chi connectivity index (χ1v) is 8.40. The van der Waals surface area contributed by atoms with E-state index in [1.165, 1.54) is 6.26 Å². The lowest BCUT2D eigenvalue weighted by molar-refractivity contribution is -0.133. The molecule has 0 N–H and O–H groups in total. The van der Waals surface area contributed by atoms with Crippen LogP contribution in [0.5, 0.6) is 0 Å². The maximum Gasteiger partial charge on any atom is 0.257 e. The van der Waals surface area contributed by atoms with Crippen LogP contribution < -0.4 is 0 Å². The van der Waals surface area contributed by atoms with Crippen LogP contribution in [0.25, 0.3) is 0 Å². The zero-order valence-corrected chi connectivity index (χ0v) is 14.4. The van der Waals surface area contributed by atoms with Crippen molar-refractivity contribution < 1.29 is 14.0 Å². The van der Waals surface area contributed by atoms with Crippen molar-refractivity contribution in [2.75, 3.05) is 45.8 Å². The van der Waals surface area contributed by atoms with E-state index in [4.69, 9.17) is 4.42 Å². The van der Waals surface area contributed by atoms with Crippen molar-refractivity contribution in [3.05, 3.63) is 23.7 Å². The van der Waals surface area contributed by atoms with Gasteiger partial charge >= 0.3 is 0 Å². The van der Waals surface area contributed by atoms with Gasteiger partial charge in [-0.25, -0.2) is 0 Å². The highest BCUT2D eigenvalue weighted by Crippen LogP contribution is 2.13. The molecule has 0 aliphatic carbocycles. The summed E-state index contributed by atoms with van der Waals surface area (Å²) in [5.41, 5.74) is 0.579. The number of likely N-dealkylation sites (N-methyl/N-ethyl adjacent to an activating group) is 1. The molecule has 0 aromatic carbocycles. The average Bonchev–Trinajstić information content (AvgIpc) is 3.01. The number of carbonyl (C=O) groups excluding carboxylic acids is 2. The zero-order valence-electron chi connectivity index (χ0n) is 14.4. The predicted molar refractivity (Wildman–Crippen MR) is 88.3 cm³/mol. The van der Waals surface area contributed by atoms with Crippen LogP contribution >= 0.6 is 0 Å². The number of rotatable bonds is 6. The number of aryl methyl sites for hydroxylation is 1. The first kappa shape index (κ1) is 17.5. The molecule has 2 rings (SSSR count). The second-order valence-electron chi connectivity index (χ2n) is 5.84. The Labute approximate surface area is 138 Å². The molecule has 128 valence electrons. The quantitative estimate of drug-likeness (QED) is 0.799. The summed E-state index contributed by atoms with van der Waals surface area (Å²) in [6, 6.07) is 1.69. The van der Waals surface area contributed by atoms with Crippen LogP contribution in [0.1, 0.15) is 36.4 Å². The Morgan fingerprint density at radius 1 is 1.22 bits per heavy atom. The summed E-state index contributed by atoms with van der Waals surface area (Å²) >= 11 is 0. The van der Waals surface area contributed by atoms with Crippen molar-refractivity contribution in [1.29, 1.82) is 0 Å². The van der Waals surface area contributed by atoms with Gasteiger partial charge in [0.2, 0.25) is 5.91 Å². The highest BCUT2D eigenvalue weighted by atomic mass is 16.3. The maximum absolute atomic E-state index is 12.5. The molecular weight excluding hydrogens is 294 g/mol. The molecule has 1 saturated heterocycles. The van der Waals surface area contributed by atoms with E-state index in [0.717, 1.165) is 32.7 Å². The van der Waals surface area contributed by atoms with Crippen molar-refractivity contribution in [2.45, 2.75) is 27.2 Å². The highest BCUT2D eigenvalue weighted by molar-refractivity contribution is 5.95. The Balaban J connectivity index is 1.84. The van der Waals surface area contributed by atoms with Crippen LogP contribution in [0.4, 0.5) is 0 Å². The van der Waals surface area contributed by atoms with Crippen LogP contribution in [0.3, 0.4) is 0 Å². The lowest BCUT2D eigenvalue weighted by Gasteiger charge is -2.34. The van der Waals surface area contributed by atoms with Gasteiger partial charge in [0.1, 0.15) is 5.76 Å². The molecule has 0 atom stereocenters. The van der Waals surface area contributed by atoms with E-state index >= 15 is 0 Å². The first-order chi connectivity index (χ1) is 11.1. The minimum absolute atomic E-state index is 0.0673. The van der Waals surface area contributed by atoms with Crippen LogP contribution in [-0.2, 0) is 4.79 Å². The van der Waals surface area contributed by atoms with E-state index in [1.807, 2.05) is 11.8 Å². The molecule has 1 aliphatic rings. The lowest BCUT2D eigenvalue weighted by Crippen LogP contribution is -2.49. The van der Waals surface area contributed by atoms with Gasteiger partial charge in [0.15, 0.2) is 0 Å². The SMILES string of the molecule is CCN1CCN(C(=O)CCN(CC)C(=O)c2ccoc2C)CC1. The molecule has 0 unspecified atom stereocenters. The van der Waals surface area contributed by atoms with Crippen LogP contribution in [0, 0.1) is 6.92 Å². The monoisotopic (exact) mass is 321 g/mol. The first-order valence-electron chi connectivity index (χ1n) is 8.40. The largest absolute Gasteiger partial charge is 0.469 e. The van der Waals surface area contributed by atoms with Crippen molar-refractivity contribution in [1.82, 2.24) is 14.7 Å². The summed E-state index contributed by atoms with van der Waals surface area (Å²) in [5.74, 6) is 0.689. The Hall–Kier alpha value is -1.82. The van der Waals surface area contributed by atoms with Gasteiger partial charge in [0.25, 0.3) is 5.91 Å². The zero-order chi connectivity index (χ0) is 16.8. The van der Waals surface area contributed by atoms with Gasteiger partial charge in [-0.1, -0.05) is 6.92 Å². The van der Waals surface area contributed by atoms with Gasteiger partial charge in [-0.2, -0.15) is 0 Å². The molecule has 0 spiro atoms. The Morgan fingerprint density at radius 2 is 1.91 bits per heavy atom. The van der Waals surface area contributed by atoms with Crippen LogP contribution in [0.2, 0.25) is 0 Å². The third-order valence-electron chi connectivity index (χ3n) is 4.53. The summed E-state index contributed by atoms with van der Waals surface area (Å²) in [6.45, 7) is 11.4. The van der Waals surface area contributed by atoms with Gasteiger partial charge in [0.05, 0.1) is 11.8 Å². The van der Waals surface area contributed by atoms with E-state index in [-0.39, 0.29) is 11.8 Å². The fourth-order valence-corrected chi connectivity index (χ4v) is 2.88. The number of amides is 2. The average molecular weight is 321 g/mol. The normalized spacial score (nSPS) is 15.7. The van der Waals surface area contributed by atoms with Gasteiger partial charge < -0.3 is 19.1 Å². The molecule has 1 aromatic heterocycles. The number of carbonyl (C=O) groups is 2. The lowest BCUT2D eigenvalue weighted by atomic mass is 10.2. The van der Waals surface area contributed by atoms with Gasteiger partial charge in [0, 0.05) is 45.7 Å². The number of hydrogen-bond acceptors (Lipinski definition) is 4. The van der Waals surface area contributed by atoms with Gasteiger partial charge in [-0.15, -0.1) is 0 Å². The summed E-state index contributed by atoms with van der Waals surface area (Å²) in [6.07, 6.45) is 1.90. The molecule has 6 heteroatoms. The third kappa shape index (κ3) is 4.34. The standard InChI is InChI=1S/C17H27N3O3/c1-4-18-9-11-20(12-10-18)16(21)6-8-19(5-2)17(22)15-7-13-23-14(15)3/h7,13H,4-6,8-12H2,1-3H3. The van der Waals surface area contributed by atoms with Crippen molar-refractivity contribution >= 4 is 11.8 Å². The highest BCUT2D eigenvalue weighted by Gasteiger charge is 2.22. The van der Waals surface area contributed by atoms with Crippen molar-refractivity contribution in [2.24, 2.45) is 0 Å². The molecule has 1 fully saturated rings. The fraction of sp³-hybridized carbons (Fsp3) is 0.647. The number of nitrogens with zero attached hydrogens (tertiary/aromatic N) is 3. The van der Waals surface area contributed by atoms with E-state index in [0.29, 0.717) is 30.8 Å². The molecule has 0 bridgehead atoms. The van der Waals surface area contributed by atoms with Crippen LogP contribution in [0.15, 0.2) is 16.7 Å². The number of hydrogen-bond donors (Lipinski definition) is 0. The van der Waals surface area contributed by atoms with E-state index < -0.39 is 0 Å². The molecule has 2 amide bonds. The molecule has 1 aliphatic heterocycles. The van der Waals surface area contributed by atoms with Gasteiger partial charge in [-0.05, 0) is 26.5 Å². The van der Waals surface area contributed by atoms with Crippen LogP contribution in [-0.4, -0.2) is 72.3 Å². The molecule has 1 aromatic rings.